The van der Waals surface area contributed by atoms with Gasteiger partial charge in [-0.05, 0) is 37.6 Å². The van der Waals surface area contributed by atoms with Gasteiger partial charge in [0, 0.05) is 17.9 Å². The Morgan fingerprint density at radius 3 is 1.08 bits per heavy atom. The molecule has 1 saturated heterocycles. The van der Waals surface area contributed by atoms with Crippen molar-refractivity contribution in [2.24, 2.45) is 46.2 Å². The molecule has 1 rings (SSSR count). The summed E-state index contributed by atoms with van der Waals surface area (Å²) in [5, 5.41) is 51.9. The Balaban J connectivity index is -0.000000155. The summed E-state index contributed by atoms with van der Waals surface area (Å²) in [4.78, 5) is 69.8. The van der Waals surface area contributed by atoms with Crippen LogP contribution in [0.2, 0.25) is 0 Å². The van der Waals surface area contributed by atoms with Crippen LogP contribution in [-0.2, 0) is 33.6 Å². The number of hydrogen-bond acceptors (Lipinski definition) is 15. The van der Waals surface area contributed by atoms with Crippen LogP contribution in [0.4, 0.5) is 0 Å². The zero-order valence-electron chi connectivity index (χ0n) is 27.5. The van der Waals surface area contributed by atoms with E-state index >= 15 is 0 Å². The van der Waals surface area contributed by atoms with Crippen molar-refractivity contribution in [2.75, 3.05) is 18.1 Å². The molecule has 1 aliphatic heterocycles. The smallest absolute Gasteiger partial charge is 0.321 e. The van der Waals surface area contributed by atoms with Crippen LogP contribution in [-0.4, -0.2) is 127 Å². The van der Waals surface area contributed by atoms with Crippen molar-refractivity contribution < 1.29 is 64.2 Å². The number of nitrogens with two attached hydrogens (primary N) is 6. The van der Waals surface area contributed by atoms with Gasteiger partial charge in [0.1, 0.15) is 36.3 Å². The van der Waals surface area contributed by atoms with Crippen molar-refractivity contribution in [1.82, 2.24) is 5.32 Å². The minimum absolute atomic E-state index is 0.0208. The molecule has 1 aliphatic rings. The molecule has 0 aromatic rings. The predicted octanol–water partition coefficient (Wildman–Crippen LogP) is -2.75. The fourth-order valence-corrected chi connectivity index (χ4v) is 2.36. The van der Waals surface area contributed by atoms with Gasteiger partial charge in [-0.1, -0.05) is 27.7 Å². The number of hydrogen-bond donors (Lipinski definition) is 15. The Bertz CT molecular complexity index is 897. The standard InChI is InChI=1S/C5H10N2O3.C5H9NO2.2C5H11NO2.2C3H7NO2S/c6-3(5(9)10)1-2-4(7)8;7-5(8)4-2-1-3-6-4;2*1-3(2)4(6)5(7)8;2*4-2(1-7)3(5)6/h3H,1-2,6H2,(H2,7,8)(H,9,10);4,6H,1-3H2,(H,7,8);2*3-4H,6H2,1-2H3,(H,7,8);2*2,7H,1,4H2,(H,5,6)/t3-;3*4-;2*2-/m000000/s1. The molecule has 19 N–H and O–H groups in total. The third-order valence-electron chi connectivity index (χ3n) is 5.41. The van der Waals surface area contributed by atoms with Crippen LogP contribution in [0.5, 0.6) is 0 Å². The van der Waals surface area contributed by atoms with Crippen LogP contribution in [0.1, 0.15) is 53.4 Å². The lowest BCUT2D eigenvalue weighted by Crippen LogP contribution is -2.34. The largest absolute Gasteiger partial charge is 0.480 e. The number of carboxylic acid groups (broad SMARTS) is 6. The minimum atomic E-state index is -1.11. The first-order valence-corrected chi connectivity index (χ1v) is 15.5. The van der Waals surface area contributed by atoms with Gasteiger partial charge in [-0.2, -0.15) is 25.3 Å². The molecule has 1 heterocycles. The number of nitrogens with one attached hydrogen (secondary N) is 1. The molecule has 6 atom stereocenters. The number of rotatable bonds is 13. The molecule has 284 valence electrons. The Labute approximate surface area is 290 Å². The summed E-state index contributed by atoms with van der Waals surface area (Å²) in [6.45, 7) is 7.96. The SMILES string of the molecule is CC(C)[C@H](N)C(=O)O.CC(C)[C@H](N)C(=O)O.NC(=O)CC[C@H](N)C(=O)O.N[C@@H](CS)C(=O)O.N[C@@H](CS)C(=O)O.O=C(O)[C@@H]1CCCN1. The topological polar surface area (TPSA) is 409 Å². The fourth-order valence-electron chi connectivity index (χ4n) is 2.04. The van der Waals surface area contributed by atoms with Gasteiger partial charge in [-0.25, -0.2) is 0 Å². The number of carbonyl (C=O) groups excluding carboxylic acids is 1. The molecular weight excluding hydrogens is 682 g/mol. The van der Waals surface area contributed by atoms with Crippen LogP contribution in [0.15, 0.2) is 0 Å². The number of carboxylic acids is 6. The van der Waals surface area contributed by atoms with Crippen LogP contribution in [0.3, 0.4) is 0 Å². The van der Waals surface area contributed by atoms with E-state index in [0.29, 0.717) is 0 Å². The van der Waals surface area contributed by atoms with Crippen LogP contribution in [0, 0.1) is 11.8 Å². The zero-order chi connectivity index (χ0) is 39.3. The highest BCUT2D eigenvalue weighted by Crippen LogP contribution is 2.03. The lowest BCUT2D eigenvalue weighted by Gasteiger charge is -2.07. The van der Waals surface area contributed by atoms with E-state index in [9.17, 15) is 33.6 Å². The molecule has 1 fully saturated rings. The molecule has 0 saturated carbocycles. The van der Waals surface area contributed by atoms with Crippen molar-refractivity contribution in [3.8, 4) is 0 Å². The van der Waals surface area contributed by atoms with Crippen molar-refractivity contribution in [3.63, 3.8) is 0 Å². The van der Waals surface area contributed by atoms with E-state index in [1.165, 1.54) is 0 Å². The molecule has 0 aliphatic carbocycles. The van der Waals surface area contributed by atoms with E-state index in [0.717, 1.165) is 19.4 Å². The van der Waals surface area contributed by atoms with E-state index in [2.05, 4.69) is 30.6 Å². The van der Waals surface area contributed by atoms with Gasteiger partial charge in [-0.3, -0.25) is 33.6 Å². The fraction of sp³-hybridized carbons (Fsp3) is 0.731. The van der Waals surface area contributed by atoms with Crippen molar-refractivity contribution in [2.45, 2.75) is 89.6 Å². The summed E-state index contributed by atoms with van der Waals surface area (Å²) in [7, 11) is 0. The molecule has 22 heteroatoms. The first-order chi connectivity index (χ1) is 21.8. The van der Waals surface area contributed by atoms with Gasteiger partial charge < -0.3 is 70.4 Å². The zero-order valence-corrected chi connectivity index (χ0v) is 29.3. The van der Waals surface area contributed by atoms with Crippen LogP contribution in [0.25, 0.3) is 0 Å². The normalized spacial score (nSPS) is 15.9. The van der Waals surface area contributed by atoms with Gasteiger partial charge in [-0.15, -0.1) is 0 Å². The maximum atomic E-state index is 10.1. The molecule has 0 unspecified atom stereocenters. The van der Waals surface area contributed by atoms with Gasteiger partial charge in [0.2, 0.25) is 5.91 Å². The Hall–Kier alpha value is -3.25. The third-order valence-corrected chi connectivity index (χ3v) is 6.20. The highest BCUT2D eigenvalue weighted by atomic mass is 32.1. The second-order valence-electron chi connectivity index (χ2n) is 10.4. The summed E-state index contributed by atoms with van der Waals surface area (Å²) in [5.74, 6) is -5.81. The first-order valence-electron chi connectivity index (χ1n) is 14.2. The molecule has 20 nitrogen and oxygen atoms in total. The van der Waals surface area contributed by atoms with E-state index in [1.807, 2.05) is 0 Å². The Morgan fingerprint density at radius 2 is 0.979 bits per heavy atom. The van der Waals surface area contributed by atoms with E-state index in [-0.39, 0.29) is 42.2 Å². The van der Waals surface area contributed by atoms with Gasteiger partial charge in [0.05, 0.1) is 0 Å². The van der Waals surface area contributed by atoms with Gasteiger partial charge in [0.15, 0.2) is 0 Å². The molecule has 0 bridgehead atoms. The molecule has 0 radical (unpaired) electrons. The molecule has 48 heavy (non-hydrogen) atoms. The first kappa shape index (κ1) is 54.2. The molecule has 0 aromatic heterocycles. The van der Waals surface area contributed by atoms with Gasteiger partial charge in [0.25, 0.3) is 0 Å². The lowest BCUT2D eigenvalue weighted by molar-refractivity contribution is -0.140. The Morgan fingerprint density at radius 1 is 0.646 bits per heavy atom. The van der Waals surface area contributed by atoms with E-state index in [1.54, 1.807) is 27.7 Å². The number of primary amides is 1. The van der Waals surface area contributed by atoms with Crippen molar-refractivity contribution in [3.05, 3.63) is 0 Å². The summed E-state index contributed by atoms with van der Waals surface area (Å²) in [6.07, 6.45) is 1.91. The number of carbonyl (C=O) groups is 7. The highest BCUT2D eigenvalue weighted by molar-refractivity contribution is 7.80. The van der Waals surface area contributed by atoms with Crippen LogP contribution >= 0.6 is 25.3 Å². The summed E-state index contributed by atoms with van der Waals surface area (Å²) in [5.41, 5.74) is 30.0. The average Bonchev–Trinajstić information content (AvgIpc) is 3.55. The monoisotopic (exact) mass is 737 g/mol. The second kappa shape index (κ2) is 32.3. The summed E-state index contributed by atoms with van der Waals surface area (Å²) < 4.78 is 0. The molecular formula is C26H55N7O13S2. The maximum absolute atomic E-state index is 10.1. The number of thiol groups is 2. The van der Waals surface area contributed by atoms with Gasteiger partial charge >= 0.3 is 35.8 Å². The highest BCUT2D eigenvalue weighted by Gasteiger charge is 2.20. The quantitative estimate of drug-likeness (QED) is 0.0852. The molecule has 0 aromatic carbocycles. The number of amides is 1. The molecule has 1 amide bonds. The van der Waals surface area contributed by atoms with Crippen molar-refractivity contribution >= 4 is 67.0 Å². The van der Waals surface area contributed by atoms with E-state index in [4.69, 9.17) is 65.0 Å². The Kier molecular flexibility index (Phi) is 36.5. The maximum Gasteiger partial charge on any atom is 0.321 e. The number of aliphatic carboxylic acids is 6. The average molecular weight is 738 g/mol. The third kappa shape index (κ3) is 37.2. The van der Waals surface area contributed by atoms with Crippen LogP contribution < -0.4 is 39.7 Å². The van der Waals surface area contributed by atoms with E-state index < -0.39 is 71.9 Å². The minimum Gasteiger partial charge on any atom is -0.480 e. The predicted molar refractivity (Wildman–Crippen MR) is 183 cm³/mol. The summed E-state index contributed by atoms with van der Waals surface area (Å²) >= 11 is 7.30. The van der Waals surface area contributed by atoms with Crippen molar-refractivity contribution in [1.29, 1.82) is 0 Å². The molecule has 0 spiro atoms. The summed E-state index contributed by atoms with van der Waals surface area (Å²) in [6, 6.07) is -4.31. The second-order valence-corrected chi connectivity index (χ2v) is 11.1. The lowest BCUT2D eigenvalue weighted by atomic mass is 10.1.